The predicted molar refractivity (Wildman–Crippen MR) is 60.6 cm³/mol. The molecule has 2 rings (SSSR count). The van der Waals surface area contributed by atoms with Crippen molar-refractivity contribution in [2.24, 2.45) is 4.99 Å². The van der Waals surface area contributed by atoms with Gasteiger partial charge >= 0.3 is 6.18 Å². The van der Waals surface area contributed by atoms with E-state index in [1.54, 1.807) is 0 Å². The number of nitrogens with two attached hydrogens (primary N) is 1. The molecule has 1 unspecified atom stereocenters. The fraction of sp³-hybridized carbons (Fsp3) is 0.300. The van der Waals surface area contributed by atoms with Gasteiger partial charge in [-0.1, -0.05) is 23.2 Å². The molecule has 0 amide bonds. The molecule has 1 aliphatic rings. The topological polar surface area (TPSA) is 38.4 Å². The zero-order valence-electron chi connectivity index (χ0n) is 8.57. The van der Waals surface area contributed by atoms with E-state index in [1.165, 1.54) is 6.07 Å². The van der Waals surface area contributed by atoms with Crippen LogP contribution in [0, 0.1) is 0 Å². The molecule has 2 nitrogen and oxygen atoms in total. The highest BCUT2D eigenvalue weighted by Gasteiger charge is 2.51. The van der Waals surface area contributed by atoms with E-state index in [0.717, 1.165) is 13.0 Å². The highest BCUT2D eigenvalue weighted by Crippen LogP contribution is 2.36. The molecule has 1 heterocycles. The summed E-state index contributed by atoms with van der Waals surface area (Å²) in [5, 5.41) is 0.422. The first-order valence-electron chi connectivity index (χ1n) is 4.59. The zero-order valence-corrected chi connectivity index (χ0v) is 10.1. The number of anilines is 1. The molecule has 17 heavy (non-hydrogen) atoms. The van der Waals surface area contributed by atoms with Gasteiger partial charge in [-0.15, -0.1) is 0 Å². The van der Waals surface area contributed by atoms with Crippen LogP contribution < -0.4 is 16.3 Å². The first-order chi connectivity index (χ1) is 7.66. The van der Waals surface area contributed by atoms with Gasteiger partial charge in [-0.3, -0.25) is 4.99 Å². The van der Waals surface area contributed by atoms with Crippen LogP contribution in [0.1, 0.15) is 6.92 Å². The number of nitrogen functional groups attached to an aromatic ring is 1. The third-order valence-electron chi connectivity index (χ3n) is 2.63. The molecule has 0 saturated carbocycles. The maximum Gasteiger partial charge on any atom is 0.416 e. The lowest BCUT2D eigenvalue weighted by Gasteiger charge is -2.21. The van der Waals surface area contributed by atoms with Crippen LogP contribution in [0.25, 0.3) is 6.08 Å². The Kier molecular flexibility index (Phi) is 2.60. The molecular weight excluding hydrogens is 276 g/mol. The third kappa shape index (κ3) is 1.77. The van der Waals surface area contributed by atoms with E-state index in [2.05, 4.69) is 4.99 Å². The maximum absolute atomic E-state index is 12.8. The van der Waals surface area contributed by atoms with Crippen LogP contribution in [0.15, 0.2) is 11.1 Å². The zero-order chi connectivity index (χ0) is 13.0. The molecule has 0 bridgehead atoms. The van der Waals surface area contributed by atoms with Gasteiger partial charge in [-0.25, -0.2) is 0 Å². The lowest BCUT2D eigenvalue weighted by atomic mass is 10.0. The summed E-state index contributed by atoms with van der Waals surface area (Å²) in [5.74, 6) is 0. The largest absolute Gasteiger partial charge is 0.416 e. The summed E-state index contributed by atoms with van der Waals surface area (Å²) in [4.78, 5) is 3.61. The van der Waals surface area contributed by atoms with Gasteiger partial charge < -0.3 is 5.73 Å². The molecular formula is C10H7Cl2F3N2. The molecule has 0 spiro atoms. The minimum Gasteiger partial charge on any atom is -0.397 e. The minimum atomic E-state index is -4.49. The lowest BCUT2D eigenvalue weighted by Crippen LogP contribution is -2.37. The Morgan fingerprint density at radius 3 is 2.47 bits per heavy atom. The third-order valence-corrected chi connectivity index (χ3v) is 3.43. The number of hydrogen-bond donors (Lipinski definition) is 1. The Morgan fingerprint density at radius 2 is 1.94 bits per heavy atom. The molecule has 1 aromatic carbocycles. The van der Waals surface area contributed by atoms with Gasteiger partial charge in [0, 0.05) is 5.22 Å². The molecule has 1 aromatic rings. The van der Waals surface area contributed by atoms with Crippen molar-refractivity contribution < 1.29 is 13.2 Å². The van der Waals surface area contributed by atoms with Crippen LogP contribution in [0.2, 0.25) is 10.0 Å². The standard InChI is InChI=1S/C10H7Cl2F3N2/c1-9(10(13,14)15)3-4-6(17-9)2-5(11)7(12)8(4)16/h2-3H,16H2,1H3. The van der Waals surface area contributed by atoms with Gasteiger partial charge in [0.1, 0.15) is 0 Å². The van der Waals surface area contributed by atoms with E-state index >= 15 is 0 Å². The van der Waals surface area contributed by atoms with Gasteiger partial charge in [0.15, 0.2) is 5.54 Å². The van der Waals surface area contributed by atoms with E-state index < -0.39 is 11.7 Å². The van der Waals surface area contributed by atoms with Crippen LogP contribution in [-0.4, -0.2) is 11.7 Å². The van der Waals surface area contributed by atoms with Crippen molar-refractivity contribution in [2.45, 2.75) is 18.6 Å². The van der Waals surface area contributed by atoms with Gasteiger partial charge in [0.05, 0.1) is 21.1 Å². The second-order valence-corrected chi connectivity index (χ2v) is 4.71. The van der Waals surface area contributed by atoms with E-state index in [-0.39, 0.29) is 26.3 Å². The average Bonchev–Trinajstić information content (AvgIpc) is 2.52. The Morgan fingerprint density at radius 1 is 1.35 bits per heavy atom. The average molecular weight is 283 g/mol. The van der Waals surface area contributed by atoms with Crippen molar-refractivity contribution in [3.8, 4) is 0 Å². The number of fused-ring (bicyclic) bond motifs is 1. The highest BCUT2D eigenvalue weighted by molar-refractivity contribution is 6.43. The van der Waals surface area contributed by atoms with Crippen LogP contribution in [0.5, 0.6) is 0 Å². The fourth-order valence-electron chi connectivity index (χ4n) is 1.60. The molecule has 2 N–H and O–H groups in total. The summed E-state index contributed by atoms with van der Waals surface area (Å²) >= 11 is 11.5. The summed E-state index contributed by atoms with van der Waals surface area (Å²) in [7, 11) is 0. The fourth-order valence-corrected chi connectivity index (χ4v) is 1.96. The van der Waals surface area contributed by atoms with Crippen LogP contribution in [-0.2, 0) is 0 Å². The second kappa shape index (κ2) is 3.53. The SMILES string of the molecule is CC1(C(F)(F)F)C=c2c(N)c(Cl)c(Cl)cc2=N1. The summed E-state index contributed by atoms with van der Waals surface area (Å²) in [6, 6.07) is 1.28. The van der Waals surface area contributed by atoms with Crippen molar-refractivity contribution in [2.75, 3.05) is 5.73 Å². The minimum absolute atomic E-state index is 0.0193. The molecule has 1 atom stereocenters. The number of hydrogen-bond acceptors (Lipinski definition) is 2. The predicted octanol–water partition coefficient (Wildman–Crippen LogP) is 2.31. The summed E-state index contributed by atoms with van der Waals surface area (Å²) < 4.78 is 38.4. The summed E-state index contributed by atoms with van der Waals surface area (Å²) in [6.07, 6.45) is -3.53. The quantitative estimate of drug-likeness (QED) is 0.729. The van der Waals surface area contributed by atoms with Gasteiger partial charge in [-0.05, 0) is 19.1 Å². The Hall–Kier alpha value is -0.940. The molecule has 0 aromatic heterocycles. The molecule has 1 aliphatic heterocycles. The monoisotopic (exact) mass is 282 g/mol. The van der Waals surface area contributed by atoms with Crippen LogP contribution in [0.3, 0.4) is 0 Å². The maximum atomic E-state index is 12.8. The van der Waals surface area contributed by atoms with Crippen molar-refractivity contribution in [1.29, 1.82) is 0 Å². The van der Waals surface area contributed by atoms with Crippen LogP contribution in [0.4, 0.5) is 18.9 Å². The van der Waals surface area contributed by atoms with E-state index in [1.807, 2.05) is 0 Å². The van der Waals surface area contributed by atoms with Crippen molar-refractivity contribution >= 4 is 35.0 Å². The first-order valence-corrected chi connectivity index (χ1v) is 5.34. The van der Waals surface area contributed by atoms with Gasteiger partial charge in [-0.2, -0.15) is 13.2 Å². The number of halogens is 5. The highest BCUT2D eigenvalue weighted by atomic mass is 35.5. The smallest absolute Gasteiger partial charge is 0.397 e. The Labute approximate surface area is 105 Å². The van der Waals surface area contributed by atoms with Gasteiger partial charge in [0.2, 0.25) is 0 Å². The van der Waals surface area contributed by atoms with Crippen molar-refractivity contribution in [3.63, 3.8) is 0 Å². The normalized spacial score (nSPS) is 22.9. The van der Waals surface area contributed by atoms with E-state index in [9.17, 15) is 13.2 Å². The summed E-state index contributed by atoms with van der Waals surface area (Å²) in [6.45, 7) is 0.967. The lowest BCUT2D eigenvalue weighted by molar-refractivity contribution is -0.161. The number of rotatable bonds is 0. The molecule has 0 aliphatic carbocycles. The van der Waals surface area contributed by atoms with Gasteiger partial charge in [0.25, 0.3) is 0 Å². The molecule has 7 heteroatoms. The first kappa shape index (κ1) is 12.5. The van der Waals surface area contributed by atoms with E-state index in [4.69, 9.17) is 28.9 Å². The van der Waals surface area contributed by atoms with Crippen molar-refractivity contribution in [1.82, 2.24) is 0 Å². The van der Waals surface area contributed by atoms with Crippen LogP contribution >= 0.6 is 23.2 Å². The molecule has 0 fully saturated rings. The summed E-state index contributed by atoms with van der Waals surface area (Å²) in [5.41, 5.74) is 3.36. The second-order valence-electron chi connectivity index (χ2n) is 3.92. The molecule has 92 valence electrons. The number of benzene rings is 1. The van der Waals surface area contributed by atoms with E-state index in [0.29, 0.717) is 0 Å². The number of alkyl halides is 3. The Balaban J connectivity index is 2.80. The number of nitrogens with zero attached hydrogens (tertiary/aromatic N) is 1. The molecule has 0 radical (unpaired) electrons. The Bertz CT molecular complexity index is 609. The molecule has 0 saturated heterocycles. The van der Waals surface area contributed by atoms with Crippen molar-refractivity contribution in [3.05, 3.63) is 26.7 Å².